The van der Waals surface area contributed by atoms with E-state index in [1.165, 1.54) is 0 Å². The molecule has 3 nitrogen and oxygen atoms in total. The van der Waals surface area contributed by atoms with E-state index in [1.807, 2.05) is 33.8 Å². The van der Waals surface area contributed by atoms with Crippen molar-refractivity contribution < 1.29 is 9.47 Å². The number of benzene rings is 1. The lowest BCUT2D eigenvalue weighted by Gasteiger charge is -2.40. The van der Waals surface area contributed by atoms with Crippen molar-refractivity contribution in [3.8, 4) is 11.5 Å². The molecule has 0 aliphatic carbocycles. The zero-order valence-electron chi connectivity index (χ0n) is 12.5. The third-order valence-electron chi connectivity index (χ3n) is 4.00. The summed E-state index contributed by atoms with van der Waals surface area (Å²) >= 11 is 0. The molecule has 1 aromatic carbocycles. The quantitative estimate of drug-likeness (QED) is 0.673. The van der Waals surface area contributed by atoms with Gasteiger partial charge >= 0.3 is 0 Å². The molecule has 6 heteroatoms. The Labute approximate surface area is 113 Å². The number of rotatable bonds is 4. The Hall–Kier alpha value is -1.03. The summed E-state index contributed by atoms with van der Waals surface area (Å²) in [6.45, 7) is 4.03. The van der Waals surface area contributed by atoms with Crippen molar-refractivity contribution in [1.29, 1.82) is 0 Å². The molecular weight excluding hydrogens is 223 g/mol. The van der Waals surface area contributed by atoms with Crippen LogP contribution in [0, 0.1) is 6.92 Å². The molecule has 0 saturated heterocycles. The van der Waals surface area contributed by atoms with Gasteiger partial charge in [0.15, 0.2) is 0 Å². The molecule has 0 bridgehead atoms. The Kier molecular flexibility index (Phi) is 4.11. The number of hydrogen-bond acceptors (Lipinski definition) is 3. The topological polar surface area (TPSA) is 44.5 Å². The molecule has 0 fully saturated rings. The van der Waals surface area contributed by atoms with Gasteiger partial charge in [0, 0.05) is 0 Å². The molecular formula is C12H22B3NO2. The van der Waals surface area contributed by atoms with Gasteiger partial charge < -0.3 is 15.2 Å². The molecule has 1 unspecified atom stereocenters. The fourth-order valence-corrected chi connectivity index (χ4v) is 1.89. The predicted octanol–water partition coefficient (Wildman–Crippen LogP) is -1.26. The fourth-order valence-electron chi connectivity index (χ4n) is 1.89. The Morgan fingerprint density at radius 1 is 1.06 bits per heavy atom. The molecule has 1 aromatic rings. The minimum atomic E-state index is -0.361. The molecule has 96 valence electrons. The summed E-state index contributed by atoms with van der Waals surface area (Å²) in [7, 11) is 9.64. The van der Waals surface area contributed by atoms with Gasteiger partial charge in [0.1, 0.15) is 35.0 Å². The molecule has 1 rings (SSSR count). The van der Waals surface area contributed by atoms with Crippen LogP contribution in [0.4, 0.5) is 0 Å². The molecule has 0 aromatic heterocycles. The molecule has 0 amide bonds. The van der Waals surface area contributed by atoms with Crippen molar-refractivity contribution in [2.24, 2.45) is 5.73 Å². The van der Waals surface area contributed by atoms with Gasteiger partial charge in [-0.2, -0.15) is 0 Å². The minimum Gasteiger partial charge on any atom is -0.496 e. The number of methoxy groups -OCH3 is 2. The number of ether oxygens (including phenoxy) is 2. The van der Waals surface area contributed by atoms with Gasteiger partial charge in [-0.15, -0.1) is 0 Å². The van der Waals surface area contributed by atoms with Crippen LogP contribution in [0.25, 0.3) is 0 Å². The third kappa shape index (κ3) is 2.53. The zero-order valence-corrected chi connectivity index (χ0v) is 12.5. The van der Waals surface area contributed by atoms with E-state index in [9.17, 15) is 0 Å². The van der Waals surface area contributed by atoms with Crippen molar-refractivity contribution in [3.63, 3.8) is 0 Å². The lowest BCUT2D eigenvalue weighted by Crippen LogP contribution is -2.58. The Bertz CT molecular complexity index is 442. The highest BCUT2D eigenvalue weighted by Crippen LogP contribution is 2.37. The summed E-state index contributed by atoms with van der Waals surface area (Å²) in [4.78, 5) is 0. The van der Waals surface area contributed by atoms with E-state index in [4.69, 9.17) is 15.2 Å². The minimum absolute atomic E-state index is 0.223. The number of aryl methyl sites for hydroxylation is 1. The molecule has 18 heavy (non-hydrogen) atoms. The van der Waals surface area contributed by atoms with E-state index < -0.39 is 0 Å². The highest BCUT2D eigenvalue weighted by atomic mass is 16.5. The van der Waals surface area contributed by atoms with Crippen molar-refractivity contribution in [2.75, 3.05) is 14.2 Å². The number of nitrogens with two attached hydrogens (primary N) is 1. The van der Waals surface area contributed by atoms with Crippen molar-refractivity contribution >= 4 is 23.5 Å². The average Bonchev–Trinajstić information content (AvgIpc) is 2.26. The first-order chi connectivity index (χ1) is 8.15. The summed E-state index contributed by atoms with van der Waals surface area (Å²) in [6, 6.07) is 4.03. The van der Waals surface area contributed by atoms with Gasteiger partial charge in [0.25, 0.3) is 0 Å². The molecule has 0 heterocycles. The monoisotopic (exact) mass is 245 g/mol. The predicted molar refractivity (Wildman–Crippen MR) is 84.2 cm³/mol. The van der Waals surface area contributed by atoms with Crippen molar-refractivity contribution in [2.45, 2.75) is 24.5 Å². The van der Waals surface area contributed by atoms with E-state index in [-0.39, 0.29) is 10.7 Å². The number of hydrogen-bond donors (Lipinski definition) is 1. The maximum absolute atomic E-state index is 6.30. The van der Waals surface area contributed by atoms with E-state index in [0.29, 0.717) is 0 Å². The van der Waals surface area contributed by atoms with Gasteiger partial charge in [-0.25, -0.2) is 0 Å². The maximum atomic E-state index is 6.30. The second-order valence-corrected chi connectivity index (χ2v) is 5.87. The van der Waals surface area contributed by atoms with E-state index >= 15 is 0 Å². The Balaban J connectivity index is 3.48. The molecule has 0 aliphatic rings. The second kappa shape index (κ2) is 4.92. The first kappa shape index (κ1) is 15.0. The molecule has 0 saturated carbocycles. The first-order valence-corrected chi connectivity index (χ1v) is 6.17. The van der Waals surface area contributed by atoms with Crippen LogP contribution in [-0.4, -0.2) is 43.2 Å². The summed E-state index contributed by atoms with van der Waals surface area (Å²) < 4.78 is 10.9. The zero-order chi connectivity index (χ0) is 14.1. The second-order valence-electron chi connectivity index (χ2n) is 5.87. The summed E-state index contributed by atoms with van der Waals surface area (Å²) in [5, 5.41) is -0.223. The normalized spacial score (nSPS) is 14.9. The van der Waals surface area contributed by atoms with Crippen LogP contribution in [0.1, 0.15) is 18.1 Å². The van der Waals surface area contributed by atoms with Crippen molar-refractivity contribution in [1.82, 2.24) is 0 Å². The van der Waals surface area contributed by atoms with E-state index in [2.05, 4.69) is 15.7 Å². The molecule has 1 atom stereocenters. The standard InChI is InChI=1S/C12H22B3NO2/c1-7-5-10(18-4)8(6-9(7)17-3)12(14,15)11(2,13)16/h5-6H,13-16H2,1-4H3. The summed E-state index contributed by atoms with van der Waals surface area (Å²) in [6.07, 6.45) is 0. The van der Waals surface area contributed by atoms with Gasteiger partial charge in [0.2, 0.25) is 0 Å². The van der Waals surface area contributed by atoms with Crippen LogP contribution in [0.15, 0.2) is 12.1 Å². The highest BCUT2D eigenvalue weighted by Gasteiger charge is 2.37. The van der Waals surface area contributed by atoms with Crippen LogP contribution in [0.5, 0.6) is 11.5 Å². The Morgan fingerprint density at radius 3 is 1.94 bits per heavy atom. The van der Waals surface area contributed by atoms with Gasteiger partial charge in [-0.05, 0) is 40.8 Å². The molecule has 0 spiro atoms. The lowest BCUT2D eigenvalue weighted by atomic mass is 9.38. The van der Waals surface area contributed by atoms with Gasteiger partial charge in [-0.3, -0.25) is 0 Å². The van der Waals surface area contributed by atoms with Gasteiger partial charge in [-0.1, -0.05) is 6.92 Å². The molecule has 0 aliphatic heterocycles. The molecule has 2 N–H and O–H groups in total. The average molecular weight is 245 g/mol. The lowest BCUT2D eigenvalue weighted by molar-refractivity contribution is 0.390. The van der Waals surface area contributed by atoms with Crippen LogP contribution < -0.4 is 15.2 Å². The van der Waals surface area contributed by atoms with E-state index in [1.54, 1.807) is 14.2 Å². The van der Waals surface area contributed by atoms with Crippen molar-refractivity contribution in [3.05, 3.63) is 23.3 Å². The molecule has 0 radical (unpaired) electrons. The maximum Gasteiger partial charge on any atom is 0.126 e. The third-order valence-corrected chi connectivity index (χ3v) is 4.00. The summed E-state index contributed by atoms with van der Waals surface area (Å²) in [5.74, 6) is 1.72. The van der Waals surface area contributed by atoms with Crippen LogP contribution in [0.2, 0.25) is 0 Å². The fraction of sp³-hybridized carbons (Fsp3) is 0.500. The van der Waals surface area contributed by atoms with E-state index in [0.717, 1.165) is 22.6 Å². The van der Waals surface area contributed by atoms with Gasteiger partial charge in [0.05, 0.1) is 14.2 Å². The van der Waals surface area contributed by atoms with Crippen LogP contribution >= 0.6 is 0 Å². The Morgan fingerprint density at radius 2 is 1.56 bits per heavy atom. The largest absolute Gasteiger partial charge is 0.496 e. The first-order valence-electron chi connectivity index (χ1n) is 6.17. The smallest absolute Gasteiger partial charge is 0.126 e. The van der Waals surface area contributed by atoms with Crippen LogP contribution in [-0.2, 0) is 5.21 Å². The highest BCUT2D eigenvalue weighted by molar-refractivity contribution is 6.45. The SMILES string of the molecule is BC(C)(N)C(B)(B)c1cc(OC)c(C)cc1OC. The van der Waals surface area contributed by atoms with Crippen LogP contribution in [0.3, 0.4) is 0 Å². The summed E-state index contributed by atoms with van der Waals surface area (Å²) in [5.41, 5.74) is 8.07.